The standard InChI is InChI=1S/C15H13NO3S/c1-10-3-4-11(2)15(7-10)20-14-6-5-12(9-17)8-13(14)16(18)19/h3-9H,1-2H3. The van der Waals surface area contributed by atoms with E-state index in [1.165, 1.54) is 17.8 Å². The molecule has 0 saturated heterocycles. The van der Waals surface area contributed by atoms with E-state index in [-0.39, 0.29) is 5.69 Å². The highest BCUT2D eigenvalue weighted by atomic mass is 32.2. The van der Waals surface area contributed by atoms with Crippen molar-refractivity contribution in [2.45, 2.75) is 23.6 Å². The highest BCUT2D eigenvalue weighted by Gasteiger charge is 2.16. The van der Waals surface area contributed by atoms with Gasteiger partial charge in [0.2, 0.25) is 0 Å². The second kappa shape index (κ2) is 5.88. The number of rotatable bonds is 4. The summed E-state index contributed by atoms with van der Waals surface area (Å²) in [6.07, 6.45) is 0.610. The van der Waals surface area contributed by atoms with E-state index in [0.717, 1.165) is 16.0 Å². The second-order valence-electron chi connectivity index (χ2n) is 4.47. The zero-order chi connectivity index (χ0) is 14.7. The highest BCUT2D eigenvalue weighted by molar-refractivity contribution is 7.99. The summed E-state index contributed by atoms with van der Waals surface area (Å²) >= 11 is 1.34. The normalized spacial score (nSPS) is 10.3. The maximum atomic E-state index is 11.1. The van der Waals surface area contributed by atoms with Crippen molar-refractivity contribution in [1.29, 1.82) is 0 Å². The summed E-state index contributed by atoms with van der Waals surface area (Å²) in [6, 6.07) is 10.5. The fourth-order valence-corrected chi connectivity index (χ4v) is 2.86. The van der Waals surface area contributed by atoms with Crippen molar-refractivity contribution in [3.63, 3.8) is 0 Å². The number of hydrogen-bond acceptors (Lipinski definition) is 4. The predicted octanol–water partition coefficient (Wildman–Crippen LogP) is 4.18. The molecule has 0 radical (unpaired) electrons. The SMILES string of the molecule is Cc1ccc(C)c(Sc2ccc(C=O)cc2[N+](=O)[O-])c1. The van der Waals surface area contributed by atoms with E-state index < -0.39 is 4.92 Å². The number of carbonyl (C=O) groups is 1. The fourth-order valence-electron chi connectivity index (χ4n) is 1.77. The summed E-state index contributed by atoms with van der Waals surface area (Å²) in [5, 5.41) is 11.1. The van der Waals surface area contributed by atoms with Crippen LogP contribution in [-0.2, 0) is 0 Å². The first-order valence-corrected chi connectivity index (χ1v) is 6.81. The van der Waals surface area contributed by atoms with E-state index in [1.807, 2.05) is 32.0 Å². The molecule has 0 N–H and O–H groups in total. The number of carbonyl (C=O) groups excluding carboxylic acids is 1. The topological polar surface area (TPSA) is 60.2 Å². The Hall–Kier alpha value is -2.14. The number of nitrogens with zero attached hydrogens (tertiary/aromatic N) is 1. The van der Waals surface area contributed by atoms with Crippen LogP contribution in [-0.4, -0.2) is 11.2 Å². The van der Waals surface area contributed by atoms with E-state index in [4.69, 9.17) is 0 Å². The summed E-state index contributed by atoms with van der Waals surface area (Å²) in [5.41, 5.74) is 2.43. The molecule has 102 valence electrons. The molecule has 0 amide bonds. The molecule has 0 aliphatic heterocycles. The van der Waals surface area contributed by atoms with Gasteiger partial charge in [0.1, 0.15) is 6.29 Å². The molecule has 5 heteroatoms. The molecule has 0 aliphatic carbocycles. The van der Waals surface area contributed by atoms with Crippen molar-refractivity contribution in [1.82, 2.24) is 0 Å². The lowest BCUT2D eigenvalue weighted by Crippen LogP contribution is -1.93. The molecule has 2 rings (SSSR count). The molecule has 0 saturated carbocycles. The minimum Gasteiger partial charge on any atom is -0.298 e. The van der Waals surface area contributed by atoms with Gasteiger partial charge in [0.05, 0.1) is 9.82 Å². The van der Waals surface area contributed by atoms with Crippen LogP contribution in [0.15, 0.2) is 46.2 Å². The Bertz CT molecular complexity index is 683. The molecule has 0 spiro atoms. The van der Waals surface area contributed by atoms with E-state index in [0.29, 0.717) is 16.7 Å². The number of aryl methyl sites for hydroxylation is 2. The van der Waals surface area contributed by atoms with Crippen molar-refractivity contribution >= 4 is 23.7 Å². The van der Waals surface area contributed by atoms with Gasteiger partial charge in [-0.3, -0.25) is 14.9 Å². The molecule has 0 bridgehead atoms. The first kappa shape index (κ1) is 14.3. The summed E-state index contributed by atoms with van der Waals surface area (Å²) < 4.78 is 0. The van der Waals surface area contributed by atoms with Gasteiger partial charge in [-0.15, -0.1) is 0 Å². The minimum atomic E-state index is -0.458. The summed E-state index contributed by atoms with van der Waals surface area (Å²) in [5.74, 6) is 0. The monoisotopic (exact) mass is 287 g/mol. The molecule has 2 aromatic carbocycles. The van der Waals surface area contributed by atoms with Gasteiger partial charge in [0.25, 0.3) is 5.69 Å². The van der Waals surface area contributed by atoms with Crippen LogP contribution in [0.4, 0.5) is 5.69 Å². The quantitative estimate of drug-likeness (QED) is 0.481. The average Bonchev–Trinajstić information content (AvgIpc) is 2.43. The Balaban J connectivity index is 2.45. The Labute approximate surface area is 121 Å². The van der Waals surface area contributed by atoms with Gasteiger partial charge in [-0.25, -0.2) is 0 Å². The molecule has 0 fully saturated rings. The first-order valence-electron chi connectivity index (χ1n) is 6.00. The van der Waals surface area contributed by atoms with Crippen molar-refractivity contribution in [2.24, 2.45) is 0 Å². The van der Waals surface area contributed by atoms with Crippen molar-refractivity contribution in [3.05, 3.63) is 63.2 Å². The van der Waals surface area contributed by atoms with E-state index in [2.05, 4.69) is 0 Å². The summed E-state index contributed by atoms with van der Waals surface area (Å²) in [4.78, 5) is 22.9. The molecule has 4 nitrogen and oxygen atoms in total. The Morgan fingerprint density at radius 1 is 1.10 bits per heavy atom. The van der Waals surface area contributed by atoms with Gasteiger partial charge >= 0.3 is 0 Å². The van der Waals surface area contributed by atoms with Crippen LogP contribution in [0.2, 0.25) is 0 Å². The molecule has 0 aromatic heterocycles. The lowest BCUT2D eigenvalue weighted by Gasteiger charge is -2.07. The van der Waals surface area contributed by atoms with Crippen molar-refractivity contribution in [2.75, 3.05) is 0 Å². The van der Waals surface area contributed by atoms with Gasteiger partial charge in [0.15, 0.2) is 0 Å². The van der Waals surface area contributed by atoms with Gasteiger partial charge in [-0.2, -0.15) is 0 Å². The lowest BCUT2D eigenvalue weighted by molar-refractivity contribution is -0.387. The van der Waals surface area contributed by atoms with Crippen LogP contribution in [0.25, 0.3) is 0 Å². The van der Waals surface area contributed by atoms with Crippen LogP contribution < -0.4 is 0 Å². The second-order valence-corrected chi connectivity index (χ2v) is 5.56. The van der Waals surface area contributed by atoms with Crippen molar-refractivity contribution in [3.8, 4) is 0 Å². The molecule has 0 heterocycles. The molecule has 0 unspecified atom stereocenters. The Kier molecular flexibility index (Phi) is 4.20. The van der Waals surface area contributed by atoms with E-state index >= 15 is 0 Å². The van der Waals surface area contributed by atoms with Gasteiger partial charge in [-0.1, -0.05) is 30.0 Å². The first-order chi connectivity index (χ1) is 9.51. The van der Waals surface area contributed by atoms with E-state index in [1.54, 1.807) is 12.1 Å². The smallest absolute Gasteiger partial charge is 0.283 e. The highest BCUT2D eigenvalue weighted by Crippen LogP contribution is 2.37. The molecular weight excluding hydrogens is 274 g/mol. The van der Waals surface area contributed by atoms with Crippen LogP contribution in [0.1, 0.15) is 21.5 Å². The number of nitro benzene ring substituents is 1. The predicted molar refractivity (Wildman–Crippen MR) is 78.5 cm³/mol. The van der Waals surface area contributed by atoms with Crippen LogP contribution in [0, 0.1) is 24.0 Å². The fraction of sp³-hybridized carbons (Fsp3) is 0.133. The lowest BCUT2D eigenvalue weighted by atomic mass is 10.2. The largest absolute Gasteiger partial charge is 0.298 e. The zero-order valence-electron chi connectivity index (χ0n) is 11.1. The maximum absolute atomic E-state index is 11.1. The van der Waals surface area contributed by atoms with Gasteiger partial charge in [0, 0.05) is 16.5 Å². The van der Waals surface area contributed by atoms with Gasteiger partial charge in [-0.05, 0) is 37.1 Å². The summed E-state index contributed by atoms with van der Waals surface area (Å²) in [7, 11) is 0. The zero-order valence-corrected chi connectivity index (χ0v) is 11.9. The third kappa shape index (κ3) is 3.05. The van der Waals surface area contributed by atoms with Crippen molar-refractivity contribution < 1.29 is 9.72 Å². The molecule has 0 aliphatic rings. The average molecular weight is 287 g/mol. The number of benzene rings is 2. The van der Waals surface area contributed by atoms with E-state index in [9.17, 15) is 14.9 Å². The van der Waals surface area contributed by atoms with Crippen LogP contribution in [0.5, 0.6) is 0 Å². The Morgan fingerprint density at radius 2 is 1.85 bits per heavy atom. The number of aldehydes is 1. The van der Waals surface area contributed by atoms with Gasteiger partial charge < -0.3 is 0 Å². The van der Waals surface area contributed by atoms with Crippen LogP contribution in [0.3, 0.4) is 0 Å². The third-order valence-electron chi connectivity index (χ3n) is 2.88. The Morgan fingerprint density at radius 3 is 2.50 bits per heavy atom. The summed E-state index contributed by atoms with van der Waals surface area (Å²) in [6.45, 7) is 3.95. The molecule has 0 atom stereocenters. The molecular formula is C15H13NO3S. The molecule has 20 heavy (non-hydrogen) atoms. The number of nitro groups is 1. The maximum Gasteiger partial charge on any atom is 0.283 e. The van der Waals surface area contributed by atoms with Crippen LogP contribution >= 0.6 is 11.8 Å². The molecule has 2 aromatic rings. The number of hydrogen-bond donors (Lipinski definition) is 0. The third-order valence-corrected chi connectivity index (χ3v) is 4.10. The minimum absolute atomic E-state index is 0.0412.